The first-order chi connectivity index (χ1) is 21.3. The first-order valence-electron chi connectivity index (χ1n) is 15.0. The Bertz CT molecular complexity index is 1530. The summed E-state index contributed by atoms with van der Waals surface area (Å²) in [6, 6.07) is 21.0. The van der Waals surface area contributed by atoms with Gasteiger partial charge in [0.2, 0.25) is 17.7 Å². The molecule has 3 aromatic rings. The number of amides is 3. The molecule has 0 aliphatic carbocycles. The van der Waals surface area contributed by atoms with Crippen molar-refractivity contribution in [3.8, 4) is 5.75 Å². The highest BCUT2D eigenvalue weighted by atomic mass is 35.5. The molecular formula is C34H36ClN3O6. The Morgan fingerprint density at radius 1 is 0.977 bits per heavy atom. The predicted molar refractivity (Wildman–Crippen MR) is 166 cm³/mol. The lowest BCUT2D eigenvalue weighted by atomic mass is 9.65. The molecule has 10 heteroatoms. The highest BCUT2D eigenvalue weighted by Crippen LogP contribution is 2.65. The zero-order valence-electron chi connectivity index (χ0n) is 24.7. The summed E-state index contributed by atoms with van der Waals surface area (Å²) in [5.41, 5.74) is -0.415. The predicted octanol–water partition coefficient (Wildman–Crippen LogP) is 5.20. The van der Waals surface area contributed by atoms with Crippen molar-refractivity contribution >= 4 is 40.7 Å². The van der Waals surface area contributed by atoms with E-state index in [1.165, 1.54) is 4.90 Å². The first kappa shape index (κ1) is 30.1. The van der Waals surface area contributed by atoms with Crippen LogP contribution in [-0.4, -0.2) is 58.2 Å². The molecule has 44 heavy (non-hydrogen) atoms. The van der Waals surface area contributed by atoms with Crippen molar-refractivity contribution in [1.29, 1.82) is 0 Å². The van der Waals surface area contributed by atoms with Crippen molar-refractivity contribution in [2.75, 3.05) is 23.8 Å². The van der Waals surface area contributed by atoms with Crippen LogP contribution in [0.3, 0.4) is 0 Å². The number of halogens is 1. The van der Waals surface area contributed by atoms with Crippen molar-refractivity contribution in [2.45, 2.75) is 56.4 Å². The zero-order chi connectivity index (χ0) is 31.1. The summed E-state index contributed by atoms with van der Waals surface area (Å²) in [5.74, 6) is -2.24. The van der Waals surface area contributed by atoms with E-state index in [0.29, 0.717) is 53.6 Å². The number of benzene rings is 3. The molecule has 3 heterocycles. The number of carbonyl (C=O) groups excluding carboxylic acids is 3. The third kappa shape index (κ3) is 4.93. The van der Waals surface area contributed by atoms with Gasteiger partial charge in [-0.25, -0.2) is 0 Å². The smallest absolute Gasteiger partial charge is 0.250 e. The standard InChI is InChI=1S/C34H36ClN3O6/c1-3-33-18-19-34(44-33)28(27(33)30(40)36-24-14-16-25(17-15-24)43-4-2)32(42)38(26(20-39)21-8-6-5-7-9-21)29(34)31(41)37-23-12-10-22(35)11-13-23/h5-17,26-29,39H,3-4,18-20H2,1-2H3,(H,36,40)(H,37,41)/t26-,27+,28+,29?,33-,34?/m1/s1. The summed E-state index contributed by atoms with van der Waals surface area (Å²) in [6.07, 6.45) is 1.43. The molecular weight excluding hydrogens is 582 g/mol. The van der Waals surface area contributed by atoms with Crippen molar-refractivity contribution in [2.24, 2.45) is 11.8 Å². The number of nitrogens with one attached hydrogen (secondary N) is 2. The fraction of sp³-hybridized carbons (Fsp3) is 0.382. The number of ether oxygens (including phenoxy) is 2. The van der Waals surface area contributed by atoms with Crippen LogP contribution < -0.4 is 15.4 Å². The zero-order valence-corrected chi connectivity index (χ0v) is 25.4. The van der Waals surface area contributed by atoms with Crippen LogP contribution in [-0.2, 0) is 19.1 Å². The number of anilines is 2. The molecule has 9 nitrogen and oxygen atoms in total. The Labute approximate surface area is 261 Å². The molecule has 3 saturated heterocycles. The number of rotatable bonds is 10. The van der Waals surface area contributed by atoms with Gasteiger partial charge in [0.25, 0.3) is 0 Å². The Morgan fingerprint density at radius 3 is 2.23 bits per heavy atom. The highest BCUT2D eigenvalue weighted by Gasteiger charge is 2.79. The van der Waals surface area contributed by atoms with Gasteiger partial charge in [-0.1, -0.05) is 48.9 Å². The molecule has 2 unspecified atom stereocenters. The third-order valence-electron chi connectivity index (χ3n) is 9.39. The maximum Gasteiger partial charge on any atom is 0.250 e. The van der Waals surface area contributed by atoms with E-state index >= 15 is 0 Å². The number of carbonyl (C=O) groups is 3. The molecule has 0 aromatic heterocycles. The molecule has 0 radical (unpaired) electrons. The summed E-state index contributed by atoms with van der Waals surface area (Å²) in [4.78, 5) is 44.5. The van der Waals surface area contributed by atoms with E-state index in [2.05, 4.69) is 10.6 Å². The number of fused-ring (bicyclic) bond motifs is 1. The van der Waals surface area contributed by atoms with Crippen LogP contribution in [0.5, 0.6) is 5.75 Å². The minimum atomic E-state index is -1.26. The molecule has 6 atom stereocenters. The van der Waals surface area contributed by atoms with Crippen LogP contribution >= 0.6 is 11.6 Å². The molecule has 3 aliphatic heterocycles. The largest absolute Gasteiger partial charge is 0.494 e. The Kier molecular flexibility index (Phi) is 8.13. The molecule has 3 N–H and O–H groups in total. The van der Waals surface area contributed by atoms with Crippen molar-refractivity contribution in [3.05, 3.63) is 89.4 Å². The average Bonchev–Trinajstić information content (AvgIpc) is 3.64. The molecule has 230 valence electrons. The summed E-state index contributed by atoms with van der Waals surface area (Å²) < 4.78 is 12.4. The number of aliphatic hydroxyl groups excluding tert-OH is 1. The van der Waals surface area contributed by atoms with Gasteiger partial charge in [-0.2, -0.15) is 0 Å². The second-order valence-corrected chi connectivity index (χ2v) is 12.1. The van der Waals surface area contributed by atoms with Gasteiger partial charge in [-0.3, -0.25) is 14.4 Å². The summed E-state index contributed by atoms with van der Waals surface area (Å²) >= 11 is 6.07. The van der Waals surface area contributed by atoms with Crippen molar-refractivity contribution < 1.29 is 29.0 Å². The molecule has 3 amide bonds. The minimum Gasteiger partial charge on any atom is -0.494 e. The molecule has 3 aliphatic rings. The van der Waals surface area contributed by atoms with E-state index in [4.69, 9.17) is 21.1 Å². The molecule has 3 aromatic carbocycles. The van der Waals surface area contributed by atoms with E-state index in [9.17, 15) is 19.5 Å². The minimum absolute atomic E-state index is 0.338. The monoisotopic (exact) mass is 617 g/mol. The Hall–Kier alpha value is -3.92. The SMILES string of the molecule is CCOc1ccc(NC(=O)[C@@H]2[C@H]3C(=O)N([C@H](CO)c4ccccc4)C(C(=O)Nc4ccc(Cl)cc4)C34CC[C@@]2(CC)O4)cc1. The van der Waals surface area contributed by atoms with Gasteiger partial charge in [-0.05, 0) is 80.3 Å². The van der Waals surface area contributed by atoms with Crippen LogP contribution in [0.15, 0.2) is 78.9 Å². The lowest BCUT2D eigenvalue weighted by Gasteiger charge is -2.37. The van der Waals surface area contributed by atoms with Crippen molar-refractivity contribution in [1.82, 2.24) is 4.90 Å². The fourth-order valence-electron chi connectivity index (χ4n) is 7.48. The maximum absolute atomic E-state index is 14.6. The van der Waals surface area contributed by atoms with Gasteiger partial charge in [0.05, 0.1) is 36.7 Å². The molecule has 3 fully saturated rings. The van der Waals surface area contributed by atoms with Crippen LogP contribution in [0.1, 0.15) is 44.7 Å². The van der Waals surface area contributed by atoms with Gasteiger partial charge < -0.3 is 30.1 Å². The number of hydrogen-bond acceptors (Lipinski definition) is 6. The second kappa shape index (κ2) is 11.9. The first-order valence-corrected chi connectivity index (χ1v) is 15.4. The number of hydrogen-bond donors (Lipinski definition) is 3. The van der Waals surface area contributed by atoms with E-state index in [-0.39, 0.29) is 11.8 Å². The molecule has 0 saturated carbocycles. The average molecular weight is 618 g/mol. The van der Waals surface area contributed by atoms with Gasteiger partial charge >= 0.3 is 0 Å². The third-order valence-corrected chi connectivity index (χ3v) is 9.64. The van der Waals surface area contributed by atoms with Crippen LogP contribution in [0.2, 0.25) is 5.02 Å². The van der Waals surface area contributed by atoms with Gasteiger partial charge in [0.15, 0.2) is 0 Å². The number of likely N-dealkylation sites (tertiary alicyclic amines) is 1. The Morgan fingerprint density at radius 2 is 1.61 bits per heavy atom. The van der Waals surface area contributed by atoms with E-state index in [0.717, 1.165) is 0 Å². The van der Waals surface area contributed by atoms with Gasteiger partial charge in [0, 0.05) is 16.4 Å². The number of aliphatic hydroxyl groups is 1. The molecule has 1 spiro atoms. The van der Waals surface area contributed by atoms with Crippen LogP contribution in [0, 0.1) is 11.8 Å². The van der Waals surface area contributed by atoms with E-state index in [1.54, 1.807) is 48.5 Å². The van der Waals surface area contributed by atoms with E-state index in [1.807, 2.05) is 44.2 Å². The number of nitrogens with zero attached hydrogens (tertiary/aromatic N) is 1. The summed E-state index contributed by atoms with van der Waals surface area (Å²) in [7, 11) is 0. The summed E-state index contributed by atoms with van der Waals surface area (Å²) in [6.45, 7) is 3.96. The normalized spacial score (nSPS) is 27.6. The second-order valence-electron chi connectivity index (χ2n) is 11.6. The highest BCUT2D eigenvalue weighted by molar-refractivity contribution is 6.30. The van der Waals surface area contributed by atoms with E-state index < -0.39 is 47.6 Å². The lowest BCUT2D eigenvalue weighted by Crippen LogP contribution is -2.54. The fourth-order valence-corrected chi connectivity index (χ4v) is 7.61. The summed E-state index contributed by atoms with van der Waals surface area (Å²) in [5, 5.41) is 17.1. The van der Waals surface area contributed by atoms with Crippen molar-refractivity contribution in [3.63, 3.8) is 0 Å². The van der Waals surface area contributed by atoms with Gasteiger partial charge in [-0.15, -0.1) is 0 Å². The van der Waals surface area contributed by atoms with Crippen LogP contribution in [0.25, 0.3) is 0 Å². The lowest BCUT2D eigenvalue weighted by molar-refractivity contribution is -0.148. The molecule has 2 bridgehead atoms. The molecule has 6 rings (SSSR count). The maximum atomic E-state index is 14.6. The Balaban J connectivity index is 1.40. The quantitative estimate of drug-likeness (QED) is 0.288. The topological polar surface area (TPSA) is 117 Å². The van der Waals surface area contributed by atoms with Gasteiger partial charge in [0.1, 0.15) is 17.4 Å². The van der Waals surface area contributed by atoms with Crippen LogP contribution in [0.4, 0.5) is 11.4 Å².